The number of anilines is 1. The summed E-state index contributed by atoms with van der Waals surface area (Å²) in [5.74, 6) is 0.846. The van der Waals surface area contributed by atoms with E-state index in [4.69, 9.17) is 4.98 Å². The number of nitrogens with zero attached hydrogens (tertiary/aromatic N) is 5. The highest BCUT2D eigenvalue weighted by Crippen LogP contribution is 2.29. The second-order valence-corrected chi connectivity index (χ2v) is 8.86. The number of H-pyrrole nitrogens is 1. The molecule has 2 aliphatic heterocycles. The third kappa shape index (κ3) is 4.45. The Labute approximate surface area is 192 Å². The van der Waals surface area contributed by atoms with Crippen LogP contribution in [0, 0.1) is 0 Å². The zero-order valence-corrected chi connectivity index (χ0v) is 18.8. The number of likely N-dealkylation sites (tertiary alicyclic amines) is 1. The van der Waals surface area contributed by atoms with Gasteiger partial charge in [-0.05, 0) is 56.5 Å². The SMILES string of the molecule is CNC(=O)c1ccc(N2CCC(N3CCCC(c4nc5cccnc5c(=O)[nH]4)C3)CC2)cn1. The summed E-state index contributed by atoms with van der Waals surface area (Å²) in [7, 11) is 1.61. The largest absolute Gasteiger partial charge is 0.370 e. The predicted octanol–water partition coefficient (Wildman–Crippen LogP) is 1.92. The van der Waals surface area contributed by atoms with Gasteiger partial charge in [0.1, 0.15) is 11.5 Å². The molecule has 3 aromatic rings. The summed E-state index contributed by atoms with van der Waals surface area (Å²) in [6, 6.07) is 7.96. The Balaban J connectivity index is 1.22. The fourth-order valence-electron chi connectivity index (χ4n) is 5.07. The Morgan fingerprint density at radius 2 is 1.97 bits per heavy atom. The van der Waals surface area contributed by atoms with Crippen LogP contribution in [0.4, 0.5) is 5.69 Å². The maximum absolute atomic E-state index is 12.5. The lowest BCUT2D eigenvalue weighted by atomic mass is 9.93. The van der Waals surface area contributed by atoms with Crippen LogP contribution >= 0.6 is 0 Å². The molecular formula is C24H29N7O2. The first-order valence-corrected chi connectivity index (χ1v) is 11.6. The maximum atomic E-state index is 12.5. The lowest BCUT2D eigenvalue weighted by Gasteiger charge is -2.42. The smallest absolute Gasteiger partial charge is 0.277 e. The molecule has 0 saturated carbocycles. The number of hydrogen-bond donors (Lipinski definition) is 2. The van der Waals surface area contributed by atoms with Crippen LogP contribution in [0.1, 0.15) is 47.9 Å². The molecule has 9 heteroatoms. The van der Waals surface area contributed by atoms with Crippen LogP contribution in [-0.4, -0.2) is 70.0 Å². The number of piperidine rings is 2. The molecule has 1 atom stereocenters. The molecular weight excluding hydrogens is 418 g/mol. The van der Waals surface area contributed by atoms with Gasteiger partial charge in [-0.2, -0.15) is 0 Å². The molecule has 3 aromatic heterocycles. The third-order valence-corrected chi connectivity index (χ3v) is 6.88. The van der Waals surface area contributed by atoms with E-state index in [0.29, 0.717) is 22.8 Å². The van der Waals surface area contributed by atoms with Crippen molar-refractivity contribution in [1.29, 1.82) is 0 Å². The summed E-state index contributed by atoms with van der Waals surface area (Å²) in [6.45, 7) is 3.93. The van der Waals surface area contributed by atoms with Crippen LogP contribution in [0.15, 0.2) is 41.5 Å². The second-order valence-electron chi connectivity index (χ2n) is 8.86. The lowest BCUT2D eigenvalue weighted by molar-refractivity contribution is 0.0958. The van der Waals surface area contributed by atoms with E-state index in [0.717, 1.165) is 63.4 Å². The molecule has 33 heavy (non-hydrogen) atoms. The number of carbonyl (C=O) groups is 1. The van der Waals surface area contributed by atoms with Crippen LogP contribution in [-0.2, 0) is 0 Å². The molecule has 1 amide bonds. The van der Waals surface area contributed by atoms with Gasteiger partial charge in [0.2, 0.25) is 0 Å². The molecule has 5 rings (SSSR count). The summed E-state index contributed by atoms with van der Waals surface area (Å²) in [5, 5.41) is 2.60. The minimum atomic E-state index is -0.168. The van der Waals surface area contributed by atoms with Crippen molar-refractivity contribution >= 4 is 22.6 Å². The lowest BCUT2D eigenvalue weighted by Crippen LogP contribution is -2.48. The molecule has 0 radical (unpaired) electrons. The number of fused-ring (bicyclic) bond motifs is 1. The predicted molar refractivity (Wildman–Crippen MR) is 127 cm³/mol. The Hall–Kier alpha value is -3.33. The molecule has 5 heterocycles. The second kappa shape index (κ2) is 9.27. The Kier molecular flexibility index (Phi) is 6.04. The van der Waals surface area contributed by atoms with Crippen molar-refractivity contribution in [3.05, 3.63) is 58.5 Å². The standard InChI is InChI=1S/C24H29N7O2/c1-25-23(32)20-7-6-18(14-27-20)30-12-8-17(9-13-30)31-11-3-4-16(15-31)22-28-19-5-2-10-26-21(19)24(33)29-22/h2,5-7,10,14,16-17H,3-4,8-9,11-13,15H2,1H3,(H,25,32)(H,28,29,33). The Bertz CT molecular complexity index is 1190. The van der Waals surface area contributed by atoms with Crippen LogP contribution in [0.2, 0.25) is 0 Å². The number of carbonyl (C=O) groups excluding carboxylic acids is 1. The molecule has 2 fully saturated rings. The van der Waals surface area contributed by atoms with Crippen molar-refractivity contribution in [2.24, 2.45) is 0 Å². The van der Waals surface area contributed by atoms with E-state index in [2.05, 4.69) is 30.1 Å². The topological polar surface area (TPSA) is 107 Å². The third-order valence-electron chi connectivity index (χ3n) is 6.88. The van der Waals surface area contributed by atoms with Gasteiger partial charge >= 0.3 is 0 Å². The quantitative estimate of drug-likeness (QED) is 0.629. The minimum Gasteiger partial charge on any atom is -0.370 e. The zero-order valence-electron chi connectivity index (χ0n) is 18.8. The summed E-state index contributed by atoms with van der Waals surface area (Å²) in [4.78, 5) is 45.3. The van der Waals surface area contributed by atoms with Crippen LogP contribution in [0.3, 0.4) is 0 Å². The monoisotopic (exact) mass is 447 g/mol. The average Bonchev–Trinajstić information content (AvgIpc) is 2.88. The van der Waals surface area contributed by atoms with Gasteiger partial charge in [-0.15, -0.1) is 0 Å². The van der Waals surface area contributed by atoms with Gasteiger partial charge in [-0.3, -0.25) is 14.5 Å². The molecule has 0 aromatic carbocycles. The summed E-state index contributed by atoms with van der Waals surface area (Å²) in [6.07, 6.45) is 7.71. The molecule has 1 unspecified atom stereocenters. The normalized spacial score (nSPS) is 20.2. The molecule has 0 spiro atoms. The molecule has 2 aliphatic rings. The van der Waals surface area contributed by atoms with E-state index in [9.17, 15) is 9.59 Å². The van der Waals surface area contributed by atoms with E-state index < -0.39 is 0 Å². The summed E-state index contributed by atoms with van der Waals surface area (Å²) in [5.41, 5.74) is 2.41. The molecule has 2 saturated heterocycles. The molecule has 2 N–H and O–H groups in total. The van der Waals surface area contributed by atoms with Gasteiger partial charge in [0.15, 0.2) is 5.52 Å². The Morgan fingerprint density at radius 1 is 1.12 bits per heavy atom. The van der Waals surface area contributed by atoms with Gasteiger partial charge in [0.05, 0.1) is 17.4 Å². The van der Waals surface area contributed by atoms with Gasteiger partial charge in [0.25, 0.3) is 11.5 Å². The van der Waals surface area contributed by atoms with Gasteiger partial charge in [-0.1, -0.05) is 0 Å². The fourth-order valence-corrected chi connectivity index (χ4v) is 5.07. The first-order chi connectivity index (χ1) is 16.1. The number of pyridine rings is 2. The first-order valence-electron chi connectivity index (χ1n) is 11.6. The number of hydrogen-bond acceptors (Lipinski definition) is 7. The van der Waals surface area contributed by atoms with E-state index in [1.165, 1.54) is 0 Å². The zero-order chi connectivity index (χ0) is 22.8. The maximum Gasteiger partial charge on any atom is 0.277 e. The molecule has 9 nitrogen and oxygen atoms in total. The summed E-state index contributed by atoms with van der Waals surface area (Å²) >= 11 is 0. The van der Waals surface area contributed by atoms with Gasteiger partial charge in [-0.25, -0.2) is 15.0 Å². The minimum absolute atomic E-state index is 0.155. The number of nitrogens with one attached hydrogen (secondary N) is 2. The van der Waals surface area contributed by atoms with E-state index in [1.807, 2.05) is 18.2 Å². The highest BCUT2D eigenvalue weighted by atomic mass is 16.1. The highest BCUT2D eigenvalue weighted by molar-refractivity contribution is 5.92. The van der Waals surface area contributed by atoms with Crippen molar-refractivity contribution in [2.75, 3.05) is 38.1 Å². The van der Waals surface area contributed by atoms with E-state index in [1.54, 1.807) is 25.5 Å². The van der Waals surface area contributed by atoms with E-state index in [-0.39, 0.29) is 17.4 Å². The van der Waals surface area contributed by atoms with Gasteiger partial charge in [0, 0.05) is 44.8 Å². The van der Waals surface area contributed by atoms with Crippen molar-refractivity contribution in [1.82, 2.24) is 30.2 Å². The van der Waals surface area contributed by atoms with Crippen molar-refractivity contribution in [2.45, 2.75) is 37.6 Å². The number of rotatable bonds is 4. The number of amides is 1. The number of aromatic amines is 1. The average molecular weight is 448 g/mol. The molecule has 0 aliphatic carbocycles. The van der Waals surface area contributed by atoms with E-state index >= 15 is 0 Å². The molecule has 172 valence electrons. The molecule has 0 bridgehead atoms. The van der Waals surface area contributed by atoms with Crippen LogP contribution < -0.4 is 15.8 Å². The van der Waals surface area contributed by atoms with Crippen LogP contribution in [0.25, 0.3) is 11.0 Å². The summed E-state index contributed by atoms with van der Waals surface area (Å²) < 4.78 is 0. The van der Waals surface area contributed by atoms with Gasteiger partial charge < -0.3 is 15.2 Å². The van der Waals surface area contributed by atoms with Crippen molar-refractivity contribution in [3.63, 3.8) is 0 Å². The van der Waals surface area contributed by atoms with Crippen LogP contribution in [0.5, 0.6) is 0 Å². The fraction of sp³-hybridized carbons (Fsp3) is 0.458. The highest BCUT2D eigenvalue weighted by Gasteiger charge is 2.30. The van der Waals surface area contributed by atoms with Crippen molar-refractivity contribution in [3.8, 4) is 0 Å². The van der Waals surface area contributed by atoms with Crippen molar-refractivity contribution < 1.29 is 4.79 Å². The number of aromatic nitrogens is 4. The first kappa shape index (κ1) is 21.5. The Morgan fingerprint density at radius 3 is 2.73 bits per heavy atom.